The molecule has 5 nitrogen and oxygen atoms in total. The molecule has 1 amide bonds. The summed E-state index contributed by atoms with van der Waals surface area (Å²) in [6.45, 7) is 3.85. The van der Waals surface area contributed by atoms with E-state index in [1.54, 1.807) is 31.4 Å². The van der Waals surface area contributed by atoms with Gasteiger partial charge in [0.15, 0.2) is 6.61 Å². The van der Waals surface area contributed by atoms with Crippen LogP contribution in [-0.4, -0.2) is 36.9 Å². The standard InChI is InChI=1S/C15H21NO4/c1-15(2)12(8-13(15)17)16-14(18)9-20-11-6-4-10(19-3)5-7-11/h4-7,12-13,17H,8-9H2,1-3H3,(H,16,18). The van der Waals surface area contributed by atoms with Gasteiger partial charge in [-0.2, -0.15) is 0 Å². The molecule has 0 aromatic heterocycles. The van der Waals surface area contributed by atoms with E-state index < -0.39 is 0 Å². The quantitative estimate of drug-likeness (QED) is 0.853. The number of methoxy groups -OCH3 is 1. The van der Waals surface area contributed by atoms with Crippen molar-refractivity contribution in [3.05, 3.63) is 24.3 Å². The molecule has 1 saturated carbocycles. The number of carbonyl (C=O) groups excluding carboxylic acids is 1. The lowest BCUT2D eigenvalue weighted by molar-refractivity contribution is -0.131. The zero-order valence-corrected chi connectivity index (χ0v) is 12.1. The summed E-state index contributed by atoms with van der Waals surface area (Å²) in [7, 11) is 1.60. The fourth-order valence-electron chi connectivity index (χ4n) is 2.20. The third-order valence-corrected chi connectivity index (χ3v) is 3.98. The van der Waals surface area contributed by atoms with Crippen LogP contribution in [0.4, 0.5) is 0 Å². The Bertz CT molecular complexity index is 469. The molecule has 0 radical (unpaired) electrons. The summed E-state index contributed by atoms with van der Waals surface area (Å²) >= 11 is 0. The predicted octanol–water partition coefficient (Wildman–Crippen LogP) is 1.35. The van der Waals surface area contributed by atoms with E-state index in [0.717, 1.165) is 5.75 Å². The maximum absolute atomic E-state index is 11.8. The van der Waals surface area contributed by atoms with Crippen molar-refractivity contribution in [1.29, 1.82) is 0 Å². The van der Waals surface area contributed by atoms with E-state index in [0.29, 0.717) is 12.2 Å². The second-order valence-electron chi connectivity index (χ2n) is 5.66. The van der Waals surface area contributed by atoms with E-state index in [-0.39, 0.29) is 30.1 Å². The molecule has 0 aliphatic heterocycles. The number of aliphatic hydroxyl groups excluding tert-OH is 1. The van der Waals surface area contributed by atoms with Crippen molar-refractivity contribution >= 4 is 5.91 Å². The molecule has 0 spiro atoms. The average Bonchev–Trinajstić information content (AvgIpc) is 2.45. The molecule has 0 saturated heterocycles. The van der Waals surface area contributed by atoms with Crippen molar-refractivity contribution in [1.82, 2.24) is 5.32 Å². The van der Waals surface area contributed by atoms with Crippen LogP contribution in [0.15, 0.2) is 24.3 Å². The summed E-state index contributed by atoms with van der Waals surface area (Å²) in [6, 6.07) is 7.06. The van der Waals surface area contributed by atoms with Gasteiger partial charge in [0.1, 0.15) is 11.5 Å². The van der Waals surface area contributed by atoms with Gasteiger partial charge in [0.05, 0.1) is 13.2 Å². The van der Waals surface area contributed by atoms with Gasteiger partial charge in [0, 0.05) is 11.5 Å². The molecule has 2 unspecified atom stereocenters. The zero-order valence-electron chi connectivity index (χ0n) is 12.1. The van der Waals surface area contributed by atoms with Gasteiger partial charge in [0.25, 0.3) is 5.91 Å². The number of ether oxygens (including phenoxy) is 2. The number of benzene rings is 1. The van der Waals surface area contributed by atoms with Crippen LogP contribution >= 0.6 is 0 Å². The third-order valence-electron chi connectivity index (χ3n) is 3.98. The largest absolute Gasteiger partial charge is 0.497 e. The second kappa shape index (κ2) is 5.71. The first-order chi connectivity index (χ1) is 9.43. The summed E-state index contributed by atoms with van der Waals surface area (Å²) in [5.41, 5.74) is -0.268. The summed E-state index contributed by atoms with van der Waals surface area (Å²) in [5.74, 6) is 1.19. The number of hydrogen-bond donors (Lipinski definition) is 2. The fourth-order valence-corrected chi connectivity index (χ4v) is 2.20. The van der Waals surface area contributed by atoms with Crippen LogP contribution in [-0.2, 0) is 4.79 Å². The SMILES string of the molecule is COc1ccc(OCC(=O)NC2CC(O)C2(C)C)cc1. The molecular formula is C15H21NO4. The first-order valence-corrected chi connectivity index (χ1v) is 6.67. The van der Waals surface area contributed by atoms with Crippen molar-refractivity contribution < 1.29 is 19.4 Å². The smallest absolute Gasteiger partial charge is 0.258 e. The topological polar surface area (TPSA) is 67.8 Å². The average molecular weight is 279 g/mol. The van der Waals surface area contributed by atoms with Crippen LogP contribution < -0.4 is 14.8 Å². The van der Waals surface area contributed by atoms with Gasteiger partial charge in [-0.25, -0.2) is 0 Å². The molecule has 1 aliphatic rings. The van der Waals surface area contributed by atoms with Gasteiger partial charge in [-0.15, -0.1) is 0 Å². The van der Waals surface area contributed by atoms with Crippen LogP contribution in [0.5, 0.6) is 11.5 Å². The third kappa shape index (κ3) is 3.04. The van der Waals surface area contributed by atoms with E-state index in [9.17, 15) is 9.90 Å². The Hall–Kier alpha value is -1.75. The number of rotatable bonds is 5. The Kier molecular flexibility index (Phi) is 4.18. The molecule has 2 rings (SSSR count). The van der Waals surface area contributed by atoms with Crippen molar-refractivity contribution in [2.75, 3.05) is 13.7 Å². The minimum atomic E-state index is -0.352. The van der Waals surface area contributed by atoms with Gasteiger partial charge in [-0.1, -0.05) is 13.8 Å². The molecule has 2 atom stereocenters. The van der Waals surface area contributed by atoms with Crippen molar-refractivity contribution in [3.8, 4) is 11.5 Å². The summed E-state index contributed by atoms with van der Waals surface area (Å²) in [5, 5.41) is 12.5. The summed E-state index contributed by atoms with van der Waals surface area (Å²) < 4.78 is 10.4. The van der Waals surface area contributed by atoms with E-state index in [1.165, 1.54) is 0 Å². The maximum Gasteiger partial charge on any atom is 0.258 e. The van der Waals surface area contributed by atoms with Crippen LogP contribution in [0.2, 0.25) is 0 Å². The molecule has 20 heavy (non-hydrogen) atoms. The van der Waals surface area contributed by atoms with Gasteiger partial charge >= 0.3 is 0 Å². The molecular weight excluding hydrogens is 258 g/mol. The second-order valence-corrected chi connectivity index (χ2v) is 5.66. The molecule has 2 N–H and O–H groups in total. The summed E-state index contributed by atoms with van der Waals surface area (Å²) in [6.07, 6.45) is 0.247. The maximum atomic E-state index is 11.8. The summed E-state index contributed by atoms with van der Waals surface area (Å²) in [4.78, 5) is 11.8. The van der Waals surface area contributed by atoms with Crippen LogP contribution in [0, 0.1) is 5.41 Å². The lowest BCUT2D eigenvalue weighted by Crippen LogP contribution is -2.61. The highest BCUT2D eigenvalue weighted by molar-refractivity contribution is 5.78. The predicted molar refractivity (Wildman–Crippen MR) is 74.8 cm³/mol. The van der Waals surface area contributed by atoms with E-state index in [2.05, 4.69) is 5.32 Å². The van der Waals surface area contributed by atoms with Crippen molar-refractivity contribution in [2.24, 2.45) is 5.41 Å². The monoisotopic (exact) mass is 279 g/mol. The molecule has 1 aromatic rings. The van der Waals surface area contributed by atoms with Crippen LogP contribution in [0.3, 0.4) is 0 Å². The van der Waals surface area contributed by atoms with Crippen molar-refractivity contribution in [2.45, 2.75) is 32.4 Å². The van der Waals surface area contributed by atoms with Crippen LogP contribution in [0.25, 0.3) is 0 Å². The Labute approximate surface area is 118 Å². The lowest BCUT2D eigenvalue weighted by atomic mass is 9.64. The van der Waals surface area contributed by atoms with Crippen LogP contribution in [0.1, 0.15) is 20.3 Å². The molecule has 0 heterocycles. The van der Waals surface area contributed by atoms with Gasteiger partial charge in [0.2, 0.25) is 0 Å². The fraction of sp³-hybridized carbons (Fsp3) is 0.533. The van der Waals surface area contributed by atoms with Gasteiger partial charge < -0.3 is 19.9 Å². The number of amides is 1. The minimum absolute atomic E-state index is 0.00414. The highest BCUT2D eigenvalue weighted by Crippen LogP contribution is 2.40. The lowest BCUT2D eigenvalue weighted by Gasteiger charge is -2.49. The Morgan fingerprint density at radius 2 is 1.95 bits per heavy atom. The molecule has 110 valence electrons. The van der Waals surface area contributed by atoms with E-state index in [4.69, 9.17) is 9.47 Å². The van der Waals surface area contributed by atoms with E-state index >= 15 is 0 Å². The zero-order chi connectivity index (χ0) is 14.8. The highest BCUT2D eigenvalue weighted by atomic mass is 16.5. The first-order valence-electron chi connectivity index (χ1n) is 6.67. The van der Waals surface area contributed by atoms with Crippen molar-refractivity contribution in [3.63, 3.8) is 0 Å². The minimum Gasteiger partial charge on any atom is -0.497 e. The molecule has 1 aliphatic carbocycles. The Morgan fingerprint density at radius 1 is 1.35 bits per heavy atom. The Morgan fingerprint density at radius 3 is 2.45 bits per heavy atom. The molecule has 0 bridgehead atoms. The number of nitrogens with one attached hydrogen (secondary N) is 1. The molecule has 1 aromatic carbocycles. The van der Waals surface area contributed by atoms with Gasteiger partial charge in [-0.05, 0) is 30.7 Å². The Balaban J connectivity index is 1.78. The number of carbonyl (C=O) groups is 1. The van der Waals surface area contributed by atoms with Gasteiger partial charge in [-0.3, -0.25) is 4.79 Å². The highest BCUT2D eigenvalue weighted by Gasteiger charge is 2.47. The molecule has 5 heteroatoms. The van der Waals surface area contributed by atoms with E-state index in [1.807, 2.05) is 13.8 Å². The first kappa shape index (κ1) is 14.7. The number of aliphatic hydroxyl groups is 1. The normalized spacial score (nSPS) is 23.6. The molecule has 1 fully saturated rings. The number of hydrogen-bond acceptors (Lipinski definition) is 4.